The lowest BCUT2D eigenvalue weighted by Crippen LogP contribution is -2.47. The third-order valence-electron chi connectivity index (χ3n) is 5.62. The van der Waals surface area contributed by atoms with Crippen molar-refractivity contribution in [3.63, 3.8) is 0 Å². The van der Waals surface area contributed by atoms with Gasteiger partial charge in [0.05, 0.1) is 29.2 Å². The number of H-pyrrole nitrogens is 1. The number of carbonyl (C=O) groups is 1. The second-order valence-corrected chi connectivity index (χ2v) is 8.13. The van der Waals surface area contributed by atoms with Crippen molar-refractivity contribution in [2.45, 2.75) is 19.1 Å². The molecule has 1 fully saturated rings. The van der Waals surface area contributed by atoms with Crippen LogP contribution in [0, 0.1) is 15.9 Å². The maximum atomic E-state index is 14.8. The van der Waals surface area contributed by atoms with Crippen molar-refractivity contribution in [3.05, 3.63) is 74.7 Å². The summed E-state index contributed by atoms with van der Waals surface area (Å²) in [5, 5.41) is 14.7. The van der Waals surface area contributed by atoms with Crippen molar-refractivity contribution < 1.29 is 18.8 Å². The van der Waals surface area contributed by atoms with Gasteiger partial charge in [0.2, 0.25) is 0 Å². The molecule has 0 radical (unpaired) electrons. The Kier molecular flexibility index (Phi) is 6.40. The lowest BCUT2D eigenvalue weighted by Gasteiger charge is -2.38. The zero-order valence-corrected chi connectivity index (χ0v) is 18.1. The van der Waals surface area contributed by atoms with Gasteiger partial charge in [0.1, 0.15) is 5.82 Å². The summed E-state index contributed by atoms with van der Waals surface area (Å²) in [6, 6.07) is 8.29. The SMILES string of the molecule is CC1CN(C(CNC(=O)c2c[nH]c3ccc([N+](=O)[O-])cc23)c2c(F)cccc2Cl)CCO1. The lowest BCUT2D eigenvalue weighted by atomic mass is 10.0. The molecule has 0 saturated carbocycles. The maximum absolute atomic E-state index is 14.8. The third-order valence-corrected chi connectivity index (χ3v) is 5.95. The summed E-state index contributed by atoms with van der Waals surface area (Å²) in [4.78, 5) is 28.6. The molecule has 2 heterocycles. The van der Waals surface area contributed by atoms with Gasteiger partial charge < -0.3 is 15.0 Å². The molecule has 4 rings (SSSR count). The zero-order valence-electron chi connectivity index (χ0n) is 17.3. The molecule has 8 nitrogen and oxygen atoms in total. The Hall–Kier alpha value is -3.01. The van der Waals surface area contributed by atoms with E-state index in [1.165, 1.54) is 30.5 Å². The highest BCUT2D eigenvalue weighted by atomic mass is 35.5. The molecule has 2 atom stereocenters. The van der Waals surface area contributed by atoms with Crippen LogP contribution in [0.15, 0.2) is 42.6 Å². The minimum Gasteiger partial charge on any atom is -0.376 e. The number of aromatic amines is 1. The number of morpholine rings is 1. The minimum atomic E-state index is -0.510. The molecular formula is C22H22ClFN4O4. The van der Waals surface area contributed by atoms with E-state index in [9.17, 15) is 19.3 Å². The number of nitrogens with zero attached hydrogens (tertiary/aromatic N) is 2. The van der Waals surface area contributed by atoms with E-state index >= 15 is 0 Å². The van der Waals surface area contributed by atoms with E-state index < -0.39 is 22.7 Å². The molecule has 2 aromatic carbocycles. The quantitative estimate of drug-likeness (QED) is 0.426. The monoisotopic (exact) mass is 460 g/mol. The molecule has 1 aromatic heterocycles. The van der Waals surface area contributed by atoms with Crippen molar-refractivity contribution in [1.29, 1.82) is 0 Å². The van der Waals surface area contributed by atoms with Crippen LogP contribution in [0.25, 0.3) is 10.9 Å². The molecule has 3 aromatic rings. The van der Waals surface area contributed by atoms with E-state index in [-0.39, 0.29) is 28.9 Å². The smallest absolute Gasteiger partial charge is 0.270 e. The Bertz CT molecular complexity index is 1150. The van der Waals surface area contributed by atoms with E-state index in [0.717, 1.165) is 0 Å². The highest BCUT2D eigenvalue weighted by Crippen LogP contribution is 2.31. The Morgan fingerprint density at radius 1 is 1.44 bits per heavy atom. The zero-order chi connectivity index (χ0) is 22.8. The number of nitro benzene ring substituents is 1. The molecule has 1 amide bonds. The van der Waals surface area contributed by atoms with Crippen molar-refractivity contribution in [3.8, 4) is 0 Å². The highest BCUT2D eigenvalue weighted by molar-refractivity contribution is 6.31. The number of carbonyl (C=O) groups excluding carboxylic acids is 1. The van der Waals surface area contributed by atoms with Crippen LogP contribution in [0.4, 0.5) is 10.1 Å². The molecule has 1 aliphatic rings. The Balaban J connectivity index is 1.61. The Morgan fingerprint density at radius 3 is 2.97 bits per heavy atom. The van der Waals surface area contributed by atoms with Crippen molar-refractivity contribution in [2.24, 2.45) is 0 Å². The first-order valence-electron chi connectivity index (χ1n) is 10.2. The second-order valence-electron chi connectivity index (χ2n) is 7.73. The van der Waals surface area contributed by atoms with Gasteiger partial charge in [-0.25, -0.2) is 4.39 Å². The summed E-state index contributed by atoms with van der Waals surface area (Å²) in [5.41, 5.74) is 1.09. The third kappa shape index (κ3) is 4.45. The van der Waals surface area contributed by atoms with E-state index in [4.69, 9.17) is 16.3 Å². The molecule has 2 N–H and O–H groups in total. The van der Waals surface area contributed by atoms with Gasteiger partial charge in [0.15, 0.2) is 0 Å². The average molecular weight is 461 g/mol. The number of benzene rings is 2. The first-order valence-corrected chi connectivity index (χ1v) is 10.6. The number of halogens is 2. The van der Waals surface area contributed by atoms with Crippen LogP contribution in [0.1, 0.15) is 28.9 Å². The highest BCUT2D eigenvalue weighted by Gasteiger charge is 2.30. The van der Waals surface area contributed by atoms with Crippen LogP contribution < -0.4 is 5.32 Å². The minimum absolute atomic E-state index is 0.0401. The van der Waals surface area contributed by atoms with Crippen LogP contribution in [0.5, 0.6) is 0 Å². The fraction of sp³-hybridized carbons (Fsp3) is 0.318. The van der Waals surface area contributed by atoms with Gasteiger partial charge >= 0.3 is 0 Å². The van der Waals surface area contributed by atoms with Crippen LogP contribution in [-0.4, -0.2) is 53.1 Å². The molecule has 32 heavy (non-hydrogen) atoms. The van der Waals surface area contributed by atoms with Gasteiger partial charge in [0.25, 0.3) is 11.6 Å². The fourth-order valence-electron chi connectivity index (χ4n) is 4.07. The summed E-state index contributed by atoms with van der Waals surface area (Å²) in [7, 11) is 0. The van der Waals surface area contributed by atoms with Gasteiger partial charge in [-0.15, -0.1) is 0 Å². The molecular weight excluding hydrogens is 439 g/mol. The summed E-state index contributed by atoms with van der Waals surface area (Å²) >= 11 is 6.34. The number of amides is 1. The predicted octanol–water partition coefficient (Wildman–Crippen LogP) is 4.06. The Morgan fingerprint density at radius 2 is 2.25 bits per heavy atom. The average Bonchev–Trinajstić information content (AvgIpc) is 3.19. The van der Waals surface area contributed by atoms with Crippen LogP contribution in [0.3, 0.4) is 0 Å². The number of hydrogen-bond donors (Lipinski definition) is 2. The van der Waals surface area contributed by atoms with Crippen LogP contribution >= 0.6 is 11.6 Å². The first-order chi connectivity index (χ1) is 15.3. The predicted molar refractivity (Wildman–Crippen MR) is 118 cm³/mol. The molecule has 0 spiro atoms. The van der Waals surface area contributed by atoms with Crippen LogP contribution in [0.2, 0.25) is 5.02 Å². The maximum Gasteiger partial charge on any atom is 0.270 e. The summed E-state index contributed by atoms with van der Waals surface area (Å²) < 4.78 is 20.4. The summed E-state index contributed by atoms with van der Waals surface area (Å²) in [6.07, 6.45) is 1.47. The molecule has 1 aliphatic heterocycles. The van der Waals surface area contributed by atoms with Crippen molar-refractivity contribution in [2.75, 3.05) is 26.2 Å². The summed E-state index contributed by atoms with van der Waals surface area (Å²) in [5.74, 6) is -0.867. The molecule has 1 saturated heterocycles. The van der Waals surface area contributed by atoms with Crippen molar-refractivity contribution in [1.82, 2.24) is 15.2 Å². The lowest BCUT2D eigenvalue weighted by molar-refractivity contribution is -0.384. The molecule has 0 bridgehead atoms. The number of nitro groups is 1. The molecule has 10 heteroatoms. The number of fused-ring (bicyclic) bond motifs is 1. The number of nitrogens with one attached hydrogen (secondary N) is 2. The standard InChI is InChI=1S/C22H22ClFN4O4/c1-13-12-27(7-8-32-13)20(21-17(23)3-2-4-18(21)24)11-26-22(29)16-10-25-19-6-5-14(28(30)31)9-15(16)19/h2-6,9-10,13,20,25H,7-8,11-12H2,1H3,(H,26,29). The summed E-state index contributed by atoms with van der Waals surface area (Å²) in [6.45, 7) is 3.65. The first kappa shape index (κ1) is 22.2. The molecule has 168 valence electrons. The van der Waals surface area contributed by atoms with Gasteiger partial charge in [-0.1, -0.05) is 17.7 Å². The number of non-ortho nitro benzene ring substituents is 1. The number of ether oxygens (including phenoxy) is 1. The van der Waals surface area contributed by atoms with Gasteiger partial charge in [-0.2, -0.15) is 0 Å². The largest absolute Gasteiger partial charge is 0.376 e. The van der Waals surface area contributed by atoms with Gasteiger partial charge in [-0.3, -0.25) is 19.8 Å². The van der Waals surface area contributed by atoms with E-state index in [0.29, 0.717) is 36.2 Å². The number of rotatable bonds is 6. The van der Waals surface area contributed by atoms with Crippen LogP contribution in [-0.2, 0) is 4.74 Å². The second kappa shape index (κ2) is 9.23. The normalized spacial score (nSPS) is 17.9. The Labute approximate surface area is 188 Å². The topological polar surface area (TPSA) is 101 Å². The number of hydrogen-bond acceptors (Lipinski definition) is 5. The van der Waals surface area contributed by atoms with E-state index in [1.807, 2.05) is 11.8 Å². The molecule has 2 unspecified atom stereocenters. The van der Waals surface area contributed by atoms with Gasteiger partial charge in [-0.05, 0) is 25.1 Å². The molecule has 0 aliphatic carbocycles. The van der Waals surface area contributed by atoms with Crippen molar-refractivity contribution >= 4 is 34.1 Å². The van der Waals surface area contributed by atoms with Gasteiger partial charge in [0, 0.05) is 59.5 Å². The van der Waals surface area contributed by atoms with E-state index in [2.05, 4.69) is 10.3 Å². The fourth-order valence-corrected chi connectivity index (χ4v) is 4.35. The number of aromatic nitrogens is 1. The van der Waals surface area contributed by atoms with E-state index in [1.54, 1.807) is 12.1 Å².